The highest BCUT2D eigenvalue weighted by Gasteiger charge is 2.50. The van der Waals surface area contributed by atoms with E-state index in [2.05, 4.69) is 199 Å². The van der Waals surface area contributed by atoms with E-state index in [0.29, 0.717) is 17.5 Å². The number of nitrogens with zero attached hydrogens (tertiary/aromatic N) is 4. The Hall–Kier alpha value is -8.73. The third-order valence-corrected chi connectivity index (χ3v) is 14.0. The summed E-state index contributed by atoms with van der Waals surface area (Å²) >= 11 is 0. The molecular formula is C62H38N4. The minimum absolute atomic E-state index is 0.551. The van der Waals surface area contributed by atoms with E-state index < -0.39 is 5.41 Å². The molecule has 14 rings (SSSR count). The zero-order valence-electron chi connectivity index (χ0n) is 35.7. The first-order valence-corrected chi connectivity index (χ1v) is 22.6. The summed E-state index contributed by atoms with van der Waals surface area (Å²) in [6, 6.07) is 83.6. The van der Waals surface area contributed by atoms with Crippen LogP contribution in [0.5, 0.6) is 0 Å². The van der Waals surface area contributed by atoms with Gasteiger partial charge in [0.1, 0.15) is 0 Å². The van der Waals surface area contributed by atoms with Crippen LogP contribution < -0.4 is 0 Å². The lowest BCUT2D eigenvalue weighted by Gasteiger charge is -2.39. The minimum atomic E-state index is -0.551. The maximum Gasteiger partial charge on any atom is 0.164 e. The first-order valence-electron chi connectivity index (χ1n) is 22.6. The smallest absolute Gasteiger partial charge is 0.164 e. The number of benzene rings is 10. The minimum Gasteiger partial charge on any atom is -0.309 e. The van der Waals surface area contributed by atoms with E-state index in [-0.39, 0.29) is 0 Å². The van der Waals surface area contributed by atoms with Crippen LogP contribution in [-0.4, -0.2) is 19.5 Å². The molecule has 3 heterocycles. The van der Waals surface area contributed by atoms with Crippen molar-refractivity contribution in [2.75, 3.05) is 0 Å². The monoisotopic (exact) mass is 838 g/mol. The van der Waals surface area contributed by atoms with Crippen molar-refractivity contribution in [1.82, 2.24) is 19.5 Å². The molecule has 2 aromatic heterocycles. The topological polar surface area (TPSA) is 43.6 Å². The molecule has 1 atom stereocenters. The fraction of sp³-hybridized carbons (Fsp3) is 0.0161. The molecule has 2 aliphatic rings. The molecule has 0 N–H and O–H groups in total. The van der Waals surface area contributed by atoms with Gasteiger partial charge in [-0.15, -0.1) is 0 Å². The van der Waals surface area contributed by atoms with Crippen molar-refractivity contribution in [1.29, 1.82) is 0 Å². The fourth-order valence-corrected chi connectivity index (χ4v) is 11.3. The predicted octanol–water partition coefficient (Wildman–Crippen LogP) is 15.1. The Morgan fingerprint density at radius 1 is 0.318 bits per heavy atom. The van der Waals surface area contributed by atoms with Crippen molar-refractivity contribution >= 4 is 32.6 Å². The third kappa shape index (κ3) is 5.18. The van der Waals surface area contributed by atoms with Crippen molar-refractivity contribution < 1.29 is 0 Å². The number of hydrogen-bond donors (Lipinski definition) is 0. The van der Waals surface area contributed by atoms with Gasteiger partial charge in [0, 0.05) is 27.5 Å². The van der Waals surface area contributed by atoms with E-state index in [1.54, 1.807) is 0 Å². The highest BCUT2D eigenvalue weighted by molar-refractivity contribution is 6.13. The van der Waals surface area contributed by atoms with Gasteiger partial charge in [0.05, 0.1) is 22.1 Å². The Bertz CT molecular complexity index is 3890. The Morgan fingerprint density at radius 2 is 0.879 bits per heavy atom. The second-order valence-corrected chi connectivity index (χ2v) is 17.5. The number of aromatic nitrogens is 4. The first kappa shape index (κ1) is 36.7. The SMILES string of the molecule is c1ccc(-c2nc(-c3ccccc3)nc(-c3cccc(-c4c(-c5ccc6c(c5)C5(c7ccccc7-6)c6ccccc6-n6c7ccccc7c7cccc5c76)ccc5ccccc45)c3)n2)cc1. The molecule has 66 heavy (non-hydrogen) atoms. The normalized spacial score (nSPS) is 14.4. The molecule has 1 unspecified atom stereocenters. The lowest BCUT2D eigenvalue weighted by atomic mass is 9.65. The largest absolute Gasteiger partial charge is 0.309 e. The lowest BCUT2D eigenvalue weighted by molar-refractivity contribution is 0.749. The summed E-state index contributed by atoms with van der Waals surface area (Å²) in [4.78, 5) is 15.2. The van der Waals surface area contributed by atoms with E-state index >= 15 is 0 Å². The second kappa shape index (κ2) is 14.1. The maximum absolute atomic E-state index is 5.12. The van der Waals surface area contributed by atoms with Gasteiger partial charge in [-0.05, 0) is 90.7 Å². The molecule has 1 aliphatic heterocycles. The highest BCUT2D eigenvalue weighted by Crippen LogP contribution is 2.61. The lowest BCUT2D eigenvalue weighted by Crippen LogP contribution is -2.33. The first-order chi connectivity index (χ1) is 32.7. The second-order valence-electron chi connectivity index (χ2n) is 17.5. The highest BCUT2D eigenvalue weighted by atomic mass is 15.0. The Labute approximate surface area is 381 Å². The van der Waals surface area contributed by atoms with Crippen LogP contribution >= 0.6 is 0 Å². The summed E-state index contributed by atoms with van der Waals surface area (Å²) in [5, 5.41) is 4.92. The number of rotatable bonds is 5. The standard InChI is InChI=1S/C62H38N4/c1-3-18-40(19-4-1)59-63-60(41-20-5-2-6-21-41)65-61(64-59)44-23-15-22-43(37-44)57-45-24-8-7-17-39(45)33-35-46(57)42-34-36-48-47-25-9-11-28-51(47)62(54(48)38-42)52-29-12-14-32-56(52)66-55-31-13-10-26-49(55)50-27-16-30-53(62)58(50)66/h1-38H. The van der Waals surface area contributed by atoms with Gasteiger partial charge in [-0.25, -0.2) is 15.0 Å². The van der Waals surface area contributed by atoms with Crippen molar-refractivity contribution in [3.05, 3.63) is 253 Å². The summed E-state index contributed by atoms with van der Waals surface area (Å²) < 4.78 is 2.51. The van der Waals surface area contributed by atoms with Crippen LogP contribution in [0.2, 0.25) is 0 Å². The van der Waals surface area contributed by atoms with Gasteiger partial charge < -0.3 is 4.57 Å². The molecule has 12 aromatic rings. The Kier molecular flexibility index (Phi) is 7.87. The quantitative estimate of drug-likeness (QED) is 0.173. The van der Waals surface area contributed by atoms with Crippen LogP contribution in [0.3, 0.4) is 0 Å². The maximum atomic E-state index is 5.12. The zero-order chi connectivity index (χ0) is 43.3. The predicted molar refractivity (Wildman–Crippen MR) is 270 cm³/mol. The van der Waals surface area contributed by atoms with Crippen LogP contribution in [0, 0.1) is 0 Å². The molecule has 1 aliphatic carbocycles. The van der Waals surface area contributed by atoms with Gasteiger partial charge in [-0.1, -0.05) is 206 Å². The van der Waals surface area contributed by atoms with Gasteiger partial charge in [-0.2, -0.15) is 0 Å². The molecule has 0 bridgehead atoms. The third-order valence-electron chi connectivity index (χ3n) is 14.0. The van der Waals surface area contributed by atoms with Crippen molar-refractivity contribution in [3.8, 4) is 73.2 Å². The number of para-hydroxylation sites is 3. The van der Waals surface area contributed by atoms with Gasteiger partial charge in [-0.3, -0.25) is 0 Å². The van der Waals surface area contributed by atoms with Crippen LogP contribution in [0.15, 0.2) is 231 Å². The van der Waals surface area contributed by atoms with Gasteiger partial charge in [0.15, 0.2) is 17.5 Å². The van der Waals surface area contributed by atoms with Crippen molar-refractivity contribution in [2.45, 2.75) is 5.41 Å². The van der Waals surface area contributed by atoms with Gasteiger partial charge in [0.25, 0.3) is 0 Å². The summed E-state index contributed by atoms with van der Waals surface area (Å²) in [6.07, 6.45) is 0. The van der Waals surface area contributed by atoms with E-state index in [4.69, 9.17) is 15.0 Å². The molecular weight excluding hydrogens is 801 g/mol. The molecule has 1 spiro atoms. The summed E-state index contributed by atoms with van der Waals surface area (Å²) in [7, 11) is 0. The molecule has 0 saturated carbocycles. The fourth-order valence-electron chi connectivity index (χ4n) is 11.3. The molecule has 0 radical (unpaired) electrons. The van der Waals surface area contributed by atoms with Crippen molar-refractivity contribution in [3.63, 3.8) is 0 Å². The van der Waals surface area contributed by atoms with E-state index in [9.17, 15) is 0 Å². The van der Waals surface area contributed by atoms with Crippen molar-refractivity contribution in [2.24, 2.45) is 0 Å². The molecule has 0 saturated heterocycles. The van der Waals surface area contributed by atoms with E-state index in [1.165, 1.54) is 88.3 Å². The Morgan fingerprint density at radius 3 is 1.68 bits per heavy atom. The number of hydrogen-bond acceptors (Lipinski definition) is 3. The van der Waals surface area contributed by atoms with Crippen LogP contribution in [0.1, 0.15) is 22.3 Å². The zero-order valence-corrected chi connectivity index (χ0v) is 35.7. The molecule has 0 fully saturated rings. The summed E-state index contributed by atoms with van der Waals surface area (Å²) in [5.74, 6) is 1.92. The van der Waals surface area contributed by atoms with E-state index in [1.807, 2.05) is 36.4 Å². The summed E-state index contributed by atoms with van der Waals surface area (Å²) in [6.45, 7) is 0. The van der Waals surface area contributed by atoms with Crippen LogP contribution in [-0.2, 0) is 5.41 Å². The average molecular weight is 839 g/mol. The van der Waals surface area contributed by atoms with Gasteiger partial charge in [0.2, 0.25) is 0 Å². The van der Waals surface area contributed by atoms with Crippen LogP contribution in [0.4, 0.5) is 0 Å². The van der Waals surface area contributed by atoms with E-state index in [0.717, 1.165) is 22.3 Å². The molecule has 10 aromatic carbocycles. The Balaban J connectivity index is 1.01. The molecule has 0 amide bonds. The molecule has 4 heteroatoms. The average Bonchev–Trinajstić information content (AvgIpc) is 3.89. The van der Waals surface area contributed by atoms with Crippen LogP contribution in [0.25, 0.3) is 106 Å². The summed E-state index contributed by atoms with van der Waals surface area (Å²) in [5.41, 5.74) is 18.4. The molecule has 4 nitrogen and oxygen atoms in total. The number of fused-ring (bicyclic) bond motifs is 13. The van der Waals surface area contributed by atoms with Gasteiger partial charge >= 0.3 is 0 Å². The molecule has 306 valence electrons.